The maximum Gasteiger partial charge on any atom is 0.125 e. The van der Waals surface area contributed by atoms with Gasteiger partial charge in [0.1, 0.15) is 5.83 Å². The Bertz CT molecular complexity index is 226. The molecule has 0 unspecified atom stereocenters. The third kappa shape index (κ3) is 3.55. The van der Waals surface area contributed by atoms with E-state index in [0.717, 1.165) is 5.57 Å². The van der Waals surface area contributed by atoms with Crippen LogP contribution in [0.3, 0.4) is 0 Å². The van der Waals surface area contributed by atoms with Gasteiger partial charge in [0.25, 0.3) is 0 Å². The highest BCUT2D eigenvalue weighted by atomic mass is 19.1. The lowest BCUT2D eigenvalue weighted by Crippen LogP contribution is -1.96. The van der Waals surface area contributed by atoms with Crippen LogP contribution in [0.1, 0.15) is 26.7 Å². The van der Waals surface area contributed by atoms with Gasteiger partial charge in [-0.3, -0.25) is 0 Å². The molecule has 0 rings (SSSR count). The Morgan fingerprint density at radius 1 is 1.46 bits per heavy atom. The molecular formula is C11H17FO. The molecule has 0 saturated carbocycles. The van der Waals surface area contributed by atoms with Gasteiger partial charge in [-0.25, -0.2) is 4.39 Å². The van der Waals surface area contributed by atoms with Gasteiger partial charge in [0.05, 0.1) is 6.61 Å². The molecule has 1 N–H and O–H groups in total. The predicted molar refractivity (Wildman–Crippen MR) is 54.1 cm³/mol. The molecule has 0 spiro atoms. The summed E-state index contributed by atoms with van der Waals surface area (Å²) >= 11 is 0. The maximum absolute atomic E-state index is 13.3. The van der Waals surface area contributed by atoms with E-state index in [4.69, 9.17) is 5.11 Å². The lowest BCUT2D eigenvalue weighted by atomic mass is 10.0. The molecule has 0 aliphatic carbocycles. The van der Waals surface area contributed by atoms with Gasteiger partial charge < -0.3 is 5.11 Å². The van der Waals surface area contributed by atoms with Crippen LogP contribution >= 0.6 is 0 Å². The molecule has 0 aromatic rings. The molecule has 0 aliphatic rings. The lowest BCUT2D eigenvalue weighted by Gasteiger charge is -2.06. The summed E-state index contributed by atoms with van der Waals surface area (Å²) in [4.78, 5) is 0. The molecular weight excluding hydrogens is 167 g/mol. The van der Waals surface area contributed by atoms with Crippen molar-refractivity contribution in [2.75, 3.05) is 6.61 Å². The van der Waals surface area contributed by atoms with E-state index in [1.54, 1.807) is 6.08 Å². The van der Waals surface area contributed by atoms with Crippen LogP contribution in [0, 0.1) is 0 Å². The largest absolute Gasteiger partial charge is 0.392 e. The van der Waals surface area contributed by atoms with Gasteiger partial charge in [0.15, 0.2) is 0 Å². The molecule has 0 aliphatic heterocycles. The van der Waals surface area contributed by atoms with Crippen LogP contribution in [0.2, 0.25) is 0 Å². The minimum absolute atomic E-state index is 0.266. The van der Waals surface area contributed by atoms with Crippen LogP contribution in [0.4, 0.5) is 4.39 Å². The van der Waals surface area contributed by atoms with Gasteiger partial charge in [-0.05, 0) is 24.5 Å². The van der Waals surface area contributed by atoms with Gasteiger partial charge in [-0.1, -0.05) is 26.5 Å². The highest BCUT2D eigenvalue weighted by Crippen LogP contribution is 2.19. The molecule has 0 aromatic heterocycles. The molecule has 0 atom stereocenters. The molecule has 0 saturated heterocycles. The lowest BCUT2D eigenvalue weighted by molar-refractivity contribution is 0.326. The predicted octanol–water partition coefficient (Wildman–Crippen LogP) is 3.13. The van der Waals surface area contributed by atoms with Crippen molar-refractivity contribution in [2.24, 2.45) is 0 Å². The van der Waals surface area contributed by atoms with Gasteiger partial charge in [-0.15, -0.1) is 0 Å². The molecule has 13 heavy (non-hydrogen) atoms. The fraction of sp³-hybridized carbons (Fsp3) is 0.455. The number of halogens is 1. The summed E-state index contributed by atoms with van der Waals surface area (Å²) in [5, 5.41) is 8.97. The van der Waals surface area contributed by atoms with E-state index >= 15 is 0 Å². The smallest absolute Gasteiger partial charge is 0.125 e. The second-order valence-corrected chi connectivity index (χ2v) is 2.68. The van der Waals surface area contributed by atoms with Crippen LogP contribution in [0.25, 0.3) is 0 Å². The minimum atomic E-state index is -0.332. The Hall–Kier alpha value is -0.890. The summed E-state index contributed by atoms with van der Waals surface area (Å²) in [5.41, 5.74) is 1.13. The number of allylic oxidation sites excluding steroid dienone is 3. The minimum Gasteiger partial charge on any atom is -0.392 e. The molecule has 74 valence electrons. The van der Waals surface area contributed by atoms with E-state index in [2.05, 4.69) is 6.58 Å². The Labute approximate surface area is 79.3 Å². The third-order valence-corrected chi connectivity index (χ3v) is 1.84. The molecule has 0 amide bonds. The number of hydrogen-bond acceptors (Lipinski definition) is 1. The summed E-state index contributed by atoms with van der Waals surface area (Å²) in [7, 11) is 0. The molecule has 0 heterocycles. The van der Waals surface area contributed by atoms with E-state index in [0.29, 0.717) is 18.4 Å². The van der Waals surface area contributed by atoms with Crippen LogP contribution in [-0.4, -0.2) is 11.7 Å². The van der Waals surface area contributed by atoms with Crippen molar-refractivity contribution in [3.8, 4) is 0 Å². The Morgan fingerprint density at radius 2 is 2.08 bits per heavy atom. The maximum atomic E-state index is 13.3. The van der Waals surface area contributed by atoms with Gasteiger partial charge >= 0.3 is 0 Å². The van der Waals surface area contributed by atoms with Crippen molar-refractivity contribution >= 4 is 0 Å². The van der Waals surface area contributed by atoms with Crippen LogP contribution in [-0.2, 0) is 0 Å². The van der Waals surface area contributed by atoms with Crippen LogP contribution in [0.15, 0.2) is 35.7 Å². The number of rotatable bonds is 5. The van der Waals surface area contributed by atoms with Crippen molar-refractivity contribution in [3.05, 3.63) is 35.7 Å². The standard InChI is InChI=1S/C11H17FO/c1-4-7-11(12)10(8-13)9(5-2)6-3/h5,7,13H,2,4,6,8H2,1,3H3/b10-9+,11-7+. The SMILES string of the molecule is C=C/C(CC)=C(CO)\C(F)=C/CC. The summed E-state index contributed by atoms with van der Waals surface area (Å²) in [6.07, 6.45) is 4.37. The van der Waals surface area contributed by atoms with Crippen molar-refractivity contribution in [3.63, 3.8) is 0 Å². The first kappa shape index (κ1) is 12.1. The van der Waals surface area contributed by atoms with E-state index < -0.39 is 0 Å². The number of hydrogen-bond donors (Lipinski definition) is 1. The van der Waals surface area contributed by atoms with Crippen molar-refractivity contribution in [1.82, 2.24) is 0 Å². The summed E-state index contributed by atoms with van der Waals surface area (Å²) in [6.45, 7) is 7.08. The van der Waals surface area contributed by atoms with Crippen molar-refractivity contribution < 1.29 is 9.50 Å². The van der Waals surface area contributed by atoms with Crippen molar-refractivity contribution in [2.45, 2.75) is 26.7 Å². The number of aliphatic hydroxyl groups excluding tert-OH is 1. The van der Waals surface area contributed by atoms with E-state index in [9.17, 15) is 4.39 Å². The first-order valence-electron chi connectivity index (χ1n) is 4.52. The zero-order valence-electron chi connectivity index (χ0n) is 8.31. The van der Waals surface area contributed by atoms with Crippen LogP contribution < -0.4 is 0 Å². The molecule has 0 radical (unpaired) electrons. The topological polar surface area (TPSA) is 20.2 Å². The second kappa shape index (κ2) is 6.61. The van der Waals surface area contributed by atoms with E-state index in [-0.39, 0.29) is 12.4 Å². The highest BCUT2D eigenvalue weighted by molar-refractivity contribution is 5.36. The van der Waals surface area contributed by atoms with Gasteiger partial charge in [0.2, 0.25) is 0 Å². The first-order valence-corrected chi connectivity index (χ1v) is 4.52. The second-order valence-electron chi connectivity index (χ2n) is 2.68. The average Bonchev–Trinajstić information content (AvgIpc) is 2.14. The van der Waals surface area contributed by atoms with Gasteiger partial charge in [-0.2, -0.15) is 0 Å². The summed E-state index contributed by atoms with van der Waals surface area (Å²) in [6, 6.07) is 0. The zero-order valence-corrected chi connectivity index (χ0v) is 8.31. The Kier molecular flexibility index (Phi) is 6.15. The average molecular weight is 184 g/mol. The summed E-state index contributed by atoms with van der Waals surface area (Å²) < 4.78 is 13.3. The number of aliphatic hydroxyl groups is 1. The monoisotopic (exact) mass is 184 g/mol. The van der Waals surface area contributed by atoms with Crippen molar-refractivity contribution in [1.29, 1.82) is 0 Å². The van der Waals surface area contributed by atoms with Crippen LogP contribution in [0.5, 0.6) is 0 Å². The Morgan fingerprint density at radius 3 is 2.38 bits per heavy atom. The molecule has 1 nitrogen and oxygen atoms in total. The van der Waals surface area contributed by atoms with Gasteiger partial charge in [0, 0.05) is 5.57 Å². The normalized spacial score (nSPS) is 14.0. The van der Waals surface area contributed by atoms with E-state index in [1.807, 2.05) is 13.8 Å². The fourth-order valence-electron chi connectivity index (χ4n) is 1.11. The van der Waals surface area contributed by atoms with E-state index in [1.165, 1.54) is 6.08 Å². The third-order valence-electron chi connectivity index (χ3n) is 1.84. The Balaban J connectivity index is 4.95. The molecule has 0 aromatic carbocycles. The quantitative estimate of drug-likeness (QED) is 0.651. The zero-order chi connectivity index (χ0) is 10.3. The summed E-state index contributed by atoms with van der Waals surface area (Å²) in [5.74, 6) is -0.332. The highest BCUT2D eigenvalue weighted by Gasteiger charge is 2.06. The fourth-order valence-corrected chi connectivity index (χ4v) is 1.11. The molecule has 2 heteroatoms. The molecule has 0 fully saturated rings. The first-order chi connectivity index (χ1) is 6.21. The molecule has 0 bridgehead atoms.